The van der Waals surface area contributed by atoms with Gasteiger partial charge in [0.05, 0.1) is 6.04 Å². The highest BCUT2D eigenvalue weighted by atomic mass is 16.2. The zero-order valence-corrected chi connectivity index (χ0v) is 16.0. The molecule has 3 nitrogen and oxygen atoms in total. The first-order valence-corrected chi connectivity index (χ1v) is 10.8. The van der Waals surface area contributed by atoms with Crippen LogP contribution in [0.5, 0.6) is 0 Å². The molecular weight excluding hydrogens is 320 g/mol. The van der Waals surface area contributed by atoms with Gasteiger partial charge in [0, 0.05) is 17.0 Å². The molecule has 0 aromatic heterocycles. The molecule has 1 aromatic rings. The van der Waals surface area contributed by atoms with Gasteiger partial charge in [0.15, 0.2) is 6.04 Å². The summed E-state index contributed by atoms with van der Waals surface area (Å²) in [7, 11) is 0. The molecule has 4 bridgehead atoms. The molecule has 0 aliphatic heterocycles. The lowest BCUT2D eigenvalue weighted by molar-refractivity contribution is -0.727. The number of hydrogen-bond acceptors (Lipinski definition) is 1. The van der Waals surface area contributed by atoms with Gasteiger partial charge in [0.1, 0.15) is 0 Å². The Morgan fingerprint density at radius 2 is 1.62 bits per heavy atom. The summed E-state index contributed by atoms with van der Waals surface area (Å²) >= 11 is 0. The predicted molar refractivity (Wildman–Crippen MR) is 102 cm³/mol. The van der Waals surface area contributed by atoms with Crippen molar-refractivity contribution in [2.75, 3.05) is 0 Å². The molecule has 6 rings (SSSR count). The van der Waals surface area contributed by atoms with Crippen molar-refractivity contribution in [3.63, 3.8) is 0 Å². The van der Waals surface area contributed by atoms with Crippen LogP contribution in [0.2, 0.25) is 0 Å². The fraction of sp³-hybridized carbons (Fsp3) is 0.696. The summed E-state index contributed by atoms with van der Waals surface area (Å²) in [4.78, 5) is 13.0. The normalized spacial score (nSPS) is 37.3. The highest BCUT2D eigenvalue weighted by Gasteiger charge is 2.55. The van der Waals surface area contributed by atoms with Gasteiger partial charge in [0.2, 0.25) is 0 Å². The zero-order valence-electron chi connectivity index (χ0n) is 16.0. The Morgan fingerprint density at radius 3 is 2.15 bits per heavy atom. The molecule has 1 amide bonds. The summed E-state index contributed by atoms with van der Waals surface area (Å²) in [5.41, 5.74) is 1.63. The molecule has 0 saturated heterocycles. The second kappa shape index (κ2) is 6.37. The van der Waals surface area contributed by atoms with Crippen molar-refractivity contribution in [1.29, 1.82) is 0 Å². The van der Waals surface area contributed by atoms with Crippen molar-refractivity contribution >= 4 is 5.91 Å². The minimum atomic E-state index is -0.0974. The fourth-order valence-corrected chi connectivity index (χ4v) is 6.76. The van der Waals surface area contributed by atoms with Gasteiger partial charge in [-0.1, -0.05) is 30.3 Å². The van der Waals surface area contributed by atoms with Crippen LogP contribution in [0.4, 0.5) is 0 Å². The van der Waals surface area contributed by atoms with Gasteiger partial charge in [-0.05, 0) is 76.0 Å². The molecule has 26 heavy (non-hydrogen) atoms. The Bertz CT molecular complexity index is 631. The Hall–Kier alpha value is -1.35. The van der Waals surface area contributed by atoms with Gasteiger partial charge in [0.25, 0.3) is 5.91 Å². The molecule has 0 unspecified atom stereocenters. The van der Waals surface area contributed by atoms with Gasteiger partial charge in [-0.3, -0.25) is 4.79 Å². The summed E-state index contributed by atoms with van der Waals surface area (Å²) in [5.74, 6) is 3.11. The standard InChI is InChI=1S/C23H32N2O/c1-15(23-12-16-9-17(13-23)11-18(10-16)14-23)24-21(19-5-3-2-4-6-19)22(26)25-20-7-8-20/h2-6,15-18,20-21,24H,7-14H2,1H3,(H,25,26)/p+1/t15-,16?,17?,18?,21-,23?/m0/s1. The largest absolute Gasteiger partial charge is 0.348 e. The molecule has 140 valence electrons. The Morgan fingerprint density at radius 1 is 1.04 bits per heavy atom. The van der Waals surface area contributed by atoms with Crippen molar-refractivity contribution in [3.05, 3.63) is 35.9 Å². The van der Waals surface area contributed by atoms with Gasteiger partial charge < -0.3 is 10.6 Å². The number of nitrogens with two attached hydrogens (primary N) is 1. The smallest absolute Gasteiger partial charge is 0.283 e. The van der Waals surface area contributed by atoms with Crippen LogP contribution >= 0.6 is 0 Å². The third-order valence-electron chi connectivity index (χ3n) is 7.90. The molecule has 5 fully saturated rings. The van der Waals surface area contributed by atoms with Crippen LogP contribution in [-0.2, 0) is 4.79 Å². The van der Waals surface area contributed by atoms with Gasteiger partial charge in [-0.15, -0.1) is 0 Å². The van der Waals surface area contributed by atoms with Crippen LogP contribution in [0.3, 0.4) is 0 Å². The monoisotopic (exact) mass is 353 g/mol. The summed E-state index contributed by atoms with van der Waals surface area (Å²) in [6, 6.07) is 11.3. The number of amides is 1. The number of hydrogen-bond donors (Lipinski definition) is 2. The lowest BCUT2D eigenvalue weighted by Crippen LogP contribution is -2.95. The second-order valence-electron chi connectivity index (χ2n) is 9.93. The van der Waals surface area contributed by atoms with E-state index in [1.807, 2.05) is 6.07 Å². The van der Waals surface area contributed by atoms with Crippen molar-refractivity contribution < 1.29 is 10.1 Å². The maximum absolute atomic E-state index is 13.0. The van der Waals surface area contributed by atoms with Crippen LogP contribution in [-0.4, -0.2) is 18.0 Å². The topological polar surface area (TPSA) is 45.7 Å². The van der Waals surface area contributed by atoms with E-state index in [1.54, 1.807) is 0 Å². The number of carbonyl (C=O) groups excluding carboxylic acids is 1. The second-order valence-corrected chi connectivity index (χ2v) is 9.93. The first-order chi connectivity index (χ1) is 12.6. The van der Waals surface area contributed by atoms with Gasteiger partial charge in [-0.25, -0.2) is 0 Å². The minimum absolute atomic E-state index is 0.0974. The molecule has 0 radical (unpaired) electrons. The minimum Gasteiger partial charge on any atom is -0.348 e. The first kappa shape index (κ1) is 16.8. The van der Waals surface area contributed by atoms with Crippen molar-refractivity contribution in [2.45, 2.75) is 76.4 Å². The SMILES string of the molecule is C[C@H]([NH2+][C@H](C(=O)NC1CC1)c1ccccc1)C12CC3CC(CC(C3)C1)C2. The van der Waals surface area contributed by atoms with E-state index in [1.165, 1.54) is 38.5 Å². The summed E-state index contributed by atoms with van der Waals surface area (Å²) in [6.45, 7) is 2.41. The lowest BCUT2D eigenvalue weighted by atomic mass is 9.48. The number of nitrogens with one attached hydrogen (secondary N) is 1. The Labute approximate surface area is 157 Å². The molecular formula is C23H33N2O+. The van der Waals surface area contributed by atoms with E-state index < -0.39 is 0 Å². The third kappa shape index (κ3) is 3.09. The van der Waals surface area contributed by atoms with E-state index in [4.69, 9.17) is 0 Å². The molecule has 5 saturated carbocycles. The average molecular weight is 354 g/mol. The van der Waals surface area contributed by atoms with Crippen molar-refractivity contribution in [2.24, 2.45) is 23.2 Å². The highest BCUT2D eigenvalue weighted by Crippen LogP contribution is 2.60. The molecule has 0 spiro atoms. The van der Waals surface area contributed by atoms with Crippen LogP contribution in [0.15, 0.2) is 30.3 Å². The quantitative estimate of drug-likeness (QED) is 0.811. The third-order valence-corrected chi connectivity index (χ3v) is 7.90. The van der Waals surface area contributed by atoms with Crippen LogP contribution in [0.25, 0.3) is 0 Å². The summed E-state index contributed by atoms with van der Waals surface area (Å²) in [5, 5.41) is 5.68. The average Bonchev–Trinajstić information content (AvgIpc) is 3.43. The van der Waals surface area contributed by atoms with Gasteiger partial charge >= 0.3 is 0 Å². The number of carbonyl (C=O) groups is 1. The molecule has 5 aliphatic rings. The highest BCUT2D eigenvalue weighted by molar-refractivity contribution is 5.82. The number of benzene rings is 1. The van der Waals surface area contributed by atoms with E-state index in [9.17, 15) is 4.79 Å². The fourth-order valence-electron chi connectivity index (χ4n) is 6.76. The molecule has 5 aliphatic carbocycles. The van der Waals surface area contributed by atoms with Crippen LogP contribution < -0.4 is 10.6 Å². The maximum Gasteiger partial charge on any atom is 0.283 e. The van der Waals surface area contributed by atoms with E-state index in [2.05, 4.69) is 41.8 Å². The molecule has 1 aromatic carbocycles. The molecule has 3 heteroatoms. The van der Waals surface area contributed by atoms with Crippen LogP contribution in [0.1, 0.15) is 69.9 Å². The van der Waals surface area contributed by atoms with Crippen LogP contribution in [0, 0.1) is 23.2 Å². The number of quaternary nitrogens is 1. The van der Waals surface area contributed by atoms with E-state index in [-0.39, 0.29) is 11.9 Å². The van der Waals surface area contributed by atoms with E-state index >= 15 is 0 Å². The van der Waals surface area contributed by atoms with Gasteiger partial charge in [-0.2, -0.15) is 0 Å². The van der Waals surface area contributed by atoms with Crippen molar-refractivity contribution in [3.8, 4) is 0 Å². The molecule has 0 heterocycles. The predicted octanol–water partition coefficient (Wildman–Crippen LogP) is 3.17. The Kier molecular flexibility index (Phi) is 4.11. The van der Waals surface area contributed by atoms with E-state index in [0.717, 1.165) is 36.2 Å². The summed E-state index contributed by atoms with van der Waals surface area (Å²) < 4.78 is 0. The van der Waals surface area contributed by atoms with Crippen molar-refractivity contribution in [1.82, 2.24) is 5.32 Å². The summed E-state index contributed by atoms with van der Waals surface area (Å²) in [6.07, 6.45) is 11.0. The maximum atomic E-state index is 13.0. The van der Waals surface area contributed by atoms with E-state index in [0.29, 0.717) is 17.5 Å². The number of rotatable bonds is 6. The molecule has 2 atom stereocenters. The lowest BCUT2D eigenvalue weighted by Gasteiger charge is -2.58. The molecule has 3 N–H and O–H groups in total. The first-order valence-electron chi connectivity index (χ1n) is 10.8. The zero-order chi connectivity index (χ0) is 17.7. The Balaban J connectivity index is 1.36.